The summed E-state index contributed by atoms with van der Waals surface area (Å²) in [6.45, 7) is 0.190. The van der Waals surface area contributed by atoms with Crippen molar-refractivity contribution in [3.05, 3.63) is 65.2 Å². The lowest BCUT2D eigenvalue weighted by molar-refractivity contribution is -0.132. The fourth-order valence-electron chi connectivity index (χ4n) is 2.32. The van der Waals surface area contributed by atoms with Gasteiger partial charge in [-0.05, 0) is 35.4 Å². The quantitative estimate of drug-likeness (QED) is 0.883. The average molecular weight is 335 g/mol. The van der Waals surface area contributed by atoms with Gasteiger partial charge in [0.15, 0.2) is 11.6 Å². The molecule has 4 nitrogen and oxygen atoms in total. The number of halogens is 2. The number of carbonyl (C=O) groups excluding carboxylic acids is 1. The third-order valence-electron chi connectivity index (χ3n) is 3.66. The third kappa shape index (κ3) is 4.52. The first-order chi connectivity index (χ1) is 11.4. The molecule has 0 fully saturated rings. The van der Waals surface area contributed by atoms with E-state index in [2.05, 4.69) is 0 Å². The first-order valence-corrected chi connectivity index (χ1v) is 7.40. The van der Waals surface area contributed by atoms with Gasteiger partial charge in [-0.1, -0.05) is 18.2 Å². The van der Waals surface area contributed by atoms with Gasteiger partial charge in [-0.15, -0.1) is 0 Å². The van der Waals surface area contributed by atoms with Crippen molar-refractivity contribution in [3.63, 3.8) is 0 Å². The van der Waals surface area contributed by atoms with E-state index in [9.17, 15) is 18.7 Å². The van der Waals surface area contributed by atoms with Gasteiger partial charge in [0.25, 0.3) is 0 Å². The van der Waals surface area contributed by atoms with E-state index in [1.54, 1.807) is 19.2 Å². The Hall–Kier alpha value is -2.47. The Bertz CT molecular complexity index is 721. The maximum absolute atomic E-state index is 13.7. The lowest BCUT2D eigenvalue weighted by Crippen LogP contribution is -2.27. The third-order valence-corrected chi connectivity index (χ3v) is 3.66. The van der Waals surface area contributed by atoms with Crippen LogP contribution in [0, 0.1) is 11.6 Å². The number of rotatable bonds is 6. The van der Waals surface area contributed by atoms with Crippen LogP contribution >= 0.6 is 0 Å². The van der Waals surface area contributed by atoms with E-state index < -0.39 is 17.7 Å². The zero-order chi connectivity index (χ0) is 17.7. The second kappa shape index (κ2) is 7.88. The molecule has 2 aromatic carbocycles. The molecule has 0 aliphatic carbocycles. The van der Waals surface area contributed by atoms with Crippen LogP contribution in [-0.4, -0.2) is 30.1 Å². The Morgan fingerprint density at radius 3 is 2.62 bits per heavy atom. The summed E-state index contributed by atoms with van der Waals surface area (Å²) in [5.41, 5.74) is 0.941. The van der Waals surface area contributed by atoms with E-state index >= 15 is 0 Å². The Morgan fingerprint density at radius 1 is 1.25 bits per heavy atom. The van der Waals surface area contributed by atoms with Crippen LogP contribution in [-0.2, 0) is 11.3 Å². The summed E-state index contributed by atoms with van der Waals surface area (Å²) in [6.07, 6.45) is -1.28. The Morgan fingerprint density at radius 2 is 2.00 bits per heavy atom. The van der Waals surface area contributed by atoms with Crippen molar-refractivity contribution in [2.75, 3.05) is 14.2 Å². The fourth-order valence-corrected chi connectivity index (χ4v) is 2.32. The highest BCUT2D eigenvalue weighted by Crippen LogP contribution is 2.21. The molecule has 0 saturated heterocycles. The number of hydrogen-bond acceptors (Lipinski definition) is 3. The minimum absolute atomic E-state index is 0.134. The number of nitrogens with zero attached hydrogens (tertiary/aromatic N) is 1. The second-order valence-corrected chi connectivity index (χ2v) is 5.49. The van der Waals surface area contributed by atoms with Gasteiger partial charge in [-0.3, -0.25) is 4.79 Å². The Balaban J connectivity index is 1.98. The zero-order valence-corrected chi connectivity index (χ0v) is 13.5. The summed E-state index contributed by atoms with van der Waals surface area (Å²) in [5.74, 6) is -1.17. The number of aliphatic hydroxyl groups excluding tert-OH is 1. The number of benzene rings is 2. The van der Waals surface area contributed by atoms with Crippen LogP contribution in [0.25, 0.3) is 0 Å². The highest BCUT2D eigenvalue weighted by atomic mass is 19.1. The molecule has 24 heavy (non-hydrogen) atoms. The molecule has 0 saturated carbocycles. The molecule has 6 heteroatoms. The van der Waals surface area contributed by atoms with Crippen molar-refractivity contribution in [1.29, 1.82) is 0 Å². The number of amides is 1. The summed E-state index contributed by atoms with van der Waals surface area (Å²) < 4.78 is 31.7. The van der Waals surface area contributed by atoms with Crippen molar-refractivity contribution in [1.82, 2.24) is 4.90 Å². The van der Waals surface area contributed by atoms with Gasteiger partial charge in [0.2, 0.25) is 5.91 Å². The monoisotopic (exact) mass is 335 g/mol. The van der Waals surface area contributed by atoms with Crippen LogP contribution in [0.2, 0.25) is 0 Å². The molecule has 0 spiro atoms. The van der Waals surface area contributed by atoms with Gasteiger partial charge >= 0.3 is 0 Å². The van der Waals surface area contributed by atoms with Crippen LogP contribution < -0.4 is 4.74 Å². The molecule has 0 heterocycles. The van der Waals surface area contributed by atoms with Gasteiger partial charge < -0.3 is 14.7 Å². The van der Waals surface area contributed by atoms with Crippen molar-refractivity contribution < 1.29 is 23.4 Å². The first-order valence-electron chi connectivity index (χ1n) is 7.40. The van der Waals surface area contributed by atoms with Crippen molar-refractivity contribution in [2.24, 2.45) is 0 Å². The standard InChI is InChI=1S/C18H19F2NO3/c1-21(11-12-6-7-17(24-2)15(20)8-12)18(23)10-16(22)13-4-3-5-14(19)9-13/h3-9,16,22H,10-11H2,1-2H3. The van der Waals surface area contributed by atoms with Crippen molar-refractivity contribution >= 4 is 5.91 Å². The van der Waals surface area contributed by atoms with Crippen LogP contribution in [0.1, 0.15) is 23.7 Å². The Kier molecular flexibility index (Phi) is 5.87. The fraction of sp³-hybridized carbons (Fsp3) is 0.278. The summed E-state index contributed by atoms with van der Waals surface area (Å²) in [6, 6.07) is 9.94. The zero-order valence-electron chi connectivity index (χ0n) is 13.5. The van der Waals surface area contributed by atoms with E-state index in [1.165, 1.54) is 42.3 Å². The van der Waals surface area contributed by atoms with E-state index in [-0.39, 0.29) is 24.6 Å². The molecule has 2 rings (SSSR count). The SMILES string of the molecule is COc1ccc(CN(C)C(=O)CC(O)c2cccc(F)c2)cc1F. The first kappa shape index (κ1) is 17.9. The highest BCUT2D eigenvalue weighted by molar-refractivity contribution is 5.76. The molecule has 0 aromatic heterocycles. The number of hydrogen-bond donors (Lipinski definition) is 1. The molecular formula is C18H19F2NO3. The van der Waals surface area contributed by atoms with Gasteiger partial charge in [0, 0.05) is 13.6 Å². The Labute approximate surface area is 139 Å². The summed E-state index contributed by atoms with van der Waals surface area (Å²) in [7, 11) is 2.93. The number of ether oxygens (including phenoxy) is 1. The van der Waals surface area contributed by atoms with Gasteiger partial charge in [-0.25, -0.2) is 8.78 Å². The maximum Gasteiger partial charge on any atom is 0.225 e. The minimum atomic E-state index is -1.09. The molecule has 0 aliphatic rings. The average Bonchev–Trinajstić information content (AvgIpc) is 2.55. The second-order valence-electron chi connectivity index (χ2n) is 5.49. The van der Waals surface area contributed by atoms with E-state index in [4.69, 9.17) is 4.74 Å². The molecule has 0 bridgehead atoms. The van der Waals surface area contributed by atoms with Crippen LogP contribution in [0.5, 0.6) is 5.75 Å². The number of methoxy groups -OCH3 is 1. The summed E-state index contributed by atoms with van der Waals surface area (Å²) >= 11 is 0. The molecule has 2 aromatic rings. The van der Waals surface area contributed by atoms with E-state index in [0.29, 0.717) is 11.1 Å². The van der Waals surface area contributed by atoms with Crippen molar-refractivity contribution in [2.45, 2.75) is 19.1 Å². The molecule has 1 N–H and O–H groups in total. The molecule has 1 amide bonds. The van der Waals surface area contributed by atoms with Gasteiger partial charge in [-0.2, -0.15) is 0 Å². The summed E-state index contributed by atoms with van der Waals surface area (Å²) in [5, 5.41) is 10.1. The lowest BCUT2D eigenvalue weighted by atomic mass is 10.1. The van der Waals surface area contributed by atoms with E-state index in [1.807, 2.05) is 0 Å². The topological polar surface area (TPSA) is 49.8 Å². The van der Waals surface area contributed by atoms with Crippen LogP contribution in [0.4, 0.5) is 8.78 Å². The number of carbonyl (C=O) groups is 1. The predicted octanol–water partition coefficient (Wildman–Crippen LogP) is 3.06. The van der Waals surface area contributed by atoms with Gasteiger partial charge in [0.1, 0.15) is 5.82 Å². The molecule has 1 unspecified atom stereocenters. The molecule has 0 aliphatic heterocycles. The predicted molar refractivity (Wildman–Crippen MR) is 85.4 cm³/mol. The highest BCUT2D eigenvalue weighted by Gasteiger charge is 2.17. The van der Waals surface area contributed by atoms with Crippen molar-refractivity contribution in [3.8, 4) is 5.75 Å². The van der Waals surface area contributed by atoms with E-state index in [0.717, 1.165) is 0 Å². The normalized spacial score (nSPS) is 11.9. The minimum Gasteiger partial charge on any atom is -0.494 e. The molecule has 0 radical (unpaired) electrons. The molecular weight excluding hydrogens is 316 g/mol. The van der Waals surface area contributed by atoms with Gasteiger partial charge in [0.05, 0.1) is 19.6 Å². The lowest BCUT2D eigenvalue weighted by Gasteiger charge is -2.20. The summed E-state index contributed by atoms with van der Waals surface area (Å²) in [4.78, 5) is 13.6. The van der Waals surface area contributed by atoms with Crippen LogP contribution in [0.15, 0.2) is 42.5 Å². The molecule has 128 valence electrons. The largest absolute Gasteiger partial charge is 0.494 e. The van der Waals surface area contributed by atoms with Crippen LogP contribution in [0.3, 0.4) is 0 Å². The smallest absolute Gasteiger partial charge is 0.225 e. The maximum atomic E-state index is 13.7. The molecule has 1 atom stereocenters. The number of aliphatic hydroxyl groups is 1.